The van der Waals surface area contributed by atoms with Crippen LogP contribution in [0.1, 0.15) is 85.5 Å². The third-order valence-electron chi connectivity index (χ3n) is 7.46. The van der Waals surface area contributed by atoms with Crippen LogP contribution in [0.25, 0.3) is 0 Å². The maximum absolute atomic E-state index is 9.43. The molecule has 6 rings (SSSR count). The highest BCUT2D eigenvalue weighted by atomic mass is 16.5. The molecule has 0 spiro atoms. The first-order valence-corrected chi connectivity index (χ1v) is 12.2. The molecule has 0 saturated heterocycles. The van der Waals surface area contributed by atoms with Crippen LogP contribution in [0, 0.1) is 22.7 Å². The minimum atomic E-state index is 0.0172. The van der Waals surface area contributed by atoms with Gasteiger partial charge in [-0.1, -0.05) is 34.1 Å². The number of fused-ring (bicyclic) bond motifs is 2. The Labute approximate surface area is 187 Å². The van der Waals surface area contributed by atoms with Crippen molar-refractivity contribution in [1.82, 2.24) is 0 Å². The average Bonchev–Trinajstić information content (AvgIpc) is 3.47. The van der Waals surface area contributed by atoms with Crippen molar-refractivity contribution in [3.8, 4) is 0 Å². The molecule has 0 amide bonds. The Kier molecular flexibility index (Phi) is 6.42. The molecule has 0 aromatic rings. The predicted octanol–water partition coefficient (Wildman–Crippen LogP) is 6.13. The van der Waals surface area contributed by atoms with Crippen molar-refractivity contribution in [3.63, 3.8) is 0 Å². The Balaban J connectivity index is 1.18. The molecule has 0 aromatic heterocycles. The van der Waals surface area contributed by atoms with Gasteiger partial charge in [0.25, 0.3) is 0 Å². The zero-order chi connectivity index (χ0) is 22.2. The second-order valence-electron chi connectivity index (χ2n) is 11.4. The molecule has 0 fully saturated rings. The average molecular weight is 429 g/mol. The third kappa shape index (κ3) is 4.80. The van der Waals surface area contributed by atoms with Gasteiger partial charge in [-0.2, -0.15) is 0 Å². The minimum Gasteiger partial charge on any atom is -0.461 e. The molecule has 31 heavy (non-hydrogen) atoms. The first-order valence-electron chi connectivity index (χ1n) is 12.2. The largest absolute Gasteiger partial charge is 0.461 e. The zero-order valence-corrected chi connectivity index (χ0v) is 19.8. The fraction of sp³-hybridized carbons (Fsp3) is 0.704. The second-order valence-corrected chi connectivity index (χ2v) is 11.4. The molecule has 2 N–H and O–H groups in total. The monoisotopic (exact) mass is 428 g/mol. The Morgan fingerprint density at radius 1 is 0.710 bits per heavy atom. The summed E-state index contributed by atoms with van der Waals surface area (Å²) in [7, 11) is 0. The van der Waals surface area contributed by atoms with Gasteiger partial charge in [0.1, 0.15) is 23.0 Å². The van der Waals surface area contributed by atoms with E-state index in [0.29, 0.717) is 11.8 Å². The molecule has 2 atom stereocenters. The van der Waals surface area contributed by atoms with Crippen LogP contribution in [0.15, 0.2) is 46.3 Å². The van der Waals surface area contributed by atoms with Gasteiger partial charge in [0, 0.05) is 36.2 Å². The highest BCUT2D eigenvalue weighted by Gasteiger charge is 2.40. The van der Waals surface area contributed by atoms with Gasteiger partial charge in [-0.25, -0.2) is 0 Å². The Bertz CT molecular complexity index is 824. The van der Waals surface area contributed by atoms with Gasteiger partial charge < -0.3 is 19.7 Å². The number of hydrogen-bond acceptors (Lipinski definition) is 4. The van der Waals surface area contributed by atoms with Crippen LogP contribution < -0.4 is 0 Å². The van der Waals surface area contributed by atoms with Crippen molar-refractivity contribution in [2.75, 3.05) is 13.2 Å². The molecule has 4 nitrogen and oxygen atoms in total. The predicted molar refractivity (Wildman–Crippen MR) is 123 cm³/mol. The summed E-state index contributed by atoms with van der Waals surface area (Å²) in [6, 6.07) is 0. The number of allylic oxidation sites excluding steroid dienone is 4. The van der Waals surface area contributed by atoms with E-state index in [4.69, 9.17) is 9.47 Å². The molecule has 2 unspecified atom stereocenters. The van der Waals surface area contributed by atoms with Crippen molar-refractivity contribution >= 4 is 0 Å². The van der Waals surface area contributed by atoms with E-state index in [1.807, 2.05) is 0 Å². The SMILES string of the molecule is CC(C)(CO)CCCC1=C2OC1=CC2CCCC1=C2OC1=CC2CCCC(C)(C)CO. The Morgan fingerprint density at radius 2 is 1.16 bits per heavy atom. The first kappa shape index (κ1) is 22.7. The molecule has 4 heteroatoms. The van der Waals surface area contributed by atoms with Crippen molar-refractivity contribution in [3.05, 3.63) is 46.3 Å². The number of aliphatic hydroxyl groups excluding tert-OH is 2. The third-order valence-corrected chi connectivity index (χ3v) is 7.46. The van der Waals surface area contributed by atoms with Crippen molar-refractivity contribution in [2.24, 2.45) is 22.7 Å². The molecular weight excluding hydrogens is 388 g/mol. The van der Waals surface area contributed by atoms with Gasteiger partial charge in [-0.05, 0) is 74.3 Å². The molecule has 172 valence electrons. The van der Waals surface area contributed by atoms with Gasteiger partial charge in [-0.3, -0.25) is 0 Å². The van der Waals surface area contributed by atoms with Gasteiger partial charge >= 0.3 is 0 Å². The van der Waals surface area contributed by atoms with Crippen LogP contribution in [0.5, 0.6) is 0 Å². The molecule has 4 bridgehead atoms. The summed E-state index contributed by atoms with van der Waals surface area (Å²) in [5, 5.41) is 18.9. The molecule has 0 saturated carbocycles. The standard InChI is InChI=1S/C27H40O4/c1-26(2,16-28)12-6-9-19-15-22-20(25(19)30-22)10-5-8-18-14-23-21(24(18)31-23)11-7-13-27(3,4)17-29/h14-15,18-19,28-29H,5-13,16-17H2,1-4H3. The molecular formula is C27H40O4. The van der Waals surface area contributed by atoms with E-state index in [2.05, 4.69) is 39.8 Å². The summed E-state index contributed by atoms with van der Waals surface area (Å²) in [6.45, 7) is 9.02. The molecule has 4 heterocycles. The van der Waals surface area contributed by atoms with Crippen LogP contribution in [-0.4, -0.2) is 23.4 Å². The van der Waals surface area contributed by atoms with E-state index in [1.165, 1.54) is 22.7 Å². The lowest BCUT2D eigenvalue weighted by Gasteiger charge is -2.26. The van der Waals surface area contributed by atoms with Gasteiger partial charge in [0.15, 0.2) is 0 Å². The van der Waals surface area contributed by atoms with Crippen molar-refractivity contribution < 1.29 is 19.7 Å². The van der Waals surface area contributed by atoms with Gasteiger partial charge in [-0.15, -0.1) is 0 Å². The Morgan fingerprint density at radius 3 is 1.68 bits per heavy atom. The van der Waals surface area contributed by atoms with E-state index in [0.717, 1.165) is 69.3 Å². The van der Waals surface area contributed by atoms with Crippen molar-refractivity contribution in [2.45, 2.75) is 85.5 Å². The molecule has 0 radical (unpaired) electrons. The van der Waals surface area contributed by atoms with Crippen molar-refractivity contribution in [1.29, 1.82) is 0 Å². The van der Waals surface area contributed by atoms with E-state index in [1.54, 1.807) is 0 Å². The highest BCUT2D eigenvalue weighted by molar-refractivity contribution is 5.49. The normalized spacial score (nSPS) is 23.9. The van der Waals surface area contributed by atoms with Gasteiger partial charge in [0.2, 0.25) is 0 Å². The fourth-order valence-corrected chi connectivity index (χ4v) is 5.14. The summed E-state index contributed by atoms with van der Waals surface area (Å²) >= 11 is 0. The first-order chi connectivity index (χ1) is 14.7. The smallest absolute Gasteiger partial charge is 0.130 e. The van der Waals surface area contributed by atoms with E-state index >= 15 is 0 Å². The van der Waals surface area contributed by atoms with Gasteiger partial charge in [0.05, 0.1) is 0 Å². The summed E-state index contributed by atoms with van der Waals surface area (Å²) in [5.41, 5.74) is 2.92. The maximum atomic E-state index is 9.43. The molecule has 6 aliphatic rings. The highest BCUT2D eigenvalue weighted by Crippen LogP contribution is 2.51. The summed E-state index contributed by atoms with van der Waals surface area (Å²) < 4.78 is 11.7. The number of ether oxygens (including phenoxy) is 2. The molecule has 2 aliphatic carbocycles. The maximum Gasteiger partial charge on any atom is 0.130 e. The number of hydrogen-bond donors (Lipinski definition) is 2. The topological polar surface area (TPSA) is 58.9 Å². The second kappa shape index (κ2) is 8.78. The van der Waals surface area contributed by atoms with E-state index in [9.17, 15) is 10.2 Å². The van der Waals surface area contributed by atoms with Crippen LogP contribution in [0.3, 0.4) is 0 Å². The number of aliphatic hydroxyl groups is 2. The Hall–Kier alpha value is -1.52. The number of rotatable bonds is 14. The van der Waals surface area contributed by atoms with E-state index in [-0.39, 0.29) is 24.0 Å². The fourth-order valence-electron chi connectivity index (χ4n) is 5.14. The van der Waals surface area contributed by atoms with Crippen LogP contribution in [0.2, 0.25) is 0 Å². The summed E-state index contributed by atoms with van der Waals surface area (Å²) in [4.78, 5) is 0. The lowest BCUT2D eigenvalue weighted by Crippen LogP contribution is -2.17. The molecule has 4 aliphatic heterocycles. The summed E-state index contributed by atoms with van der Waals surface area (Å²) in [5.74, 6) is 5.59. The van der Waals surface area contributed by atoms with Crippen LogP contribution >= 0.6 is 0 Å². The summed E-state index contributed by atoms with van der Waals surface area (Å²) in [6.07, 6.45) is 14.6. The zero-order valence-electron chi connectivity index (χ0n) is 19.8. The minimum absolute atomic E-state index is 0.0172. The lowest BCUT2D eigenvalue weighted by molar-refractivity contribution is 0.145. The van der Waals surface area contributed by atoms with Crippen LogP contribution in [-0.2, 0) is 9.47 Å². The van der Waals surface area contributed by atoms with Crippen LogP contribution in [0.4, 0.5) is 0 Å². The lowest BCUT2D eigenvalue weighted by atomic mass is 9.86. The quantitative estimate of drug-likeness (QED) is 0.349. The molecule has 0 aromatic carbocycles. The van der Waals surface area contributed by atoms with E-state index < -0.39 is 0 Å².